The molecule has 1 aromatic heterocycles. The molecule has 5 heteroatoms. The molecule has 21 heavy (non-hydrogen) atoms. The van der Waals surface area contributed by atoms with Gasteiger partial charge in [0.15, 0.2) is 11.9 Å². The lowest BCUT2D eigenvalue weighted by molar-refractivity contribution is -0.690. The first-order valence-corrected chi connectivity index (χ1v) is 6.73. The van der Waals surface area contributed by atoms with Gasteiger partial charge in [-0.15, -0.1) is 0 Å². The van der Waals surface area contributed by atoms with E-state index in [9.17, 15) is 13.6 Å². The van der Waals surface area contributed by atoms with Gasteiger partial charge in [0.25, 0.3) is 5.91 Å². The minimum absolute atomic E-state index is 0.0219. The molecule has 1 amide bonds. The summed E-state index contributed by atoms with van der Waals surface area (Å²) in [7, 11) is 0. The van der Waals surface area contributed by atoms with Crippen LogP contribution in [0.5, 0.6) is 0 Å². The Labute approximate surface area is 122 Å². The number of rotatable bonds is 4. The highest BCUT2D eigenvalue weighted by molar-refractivity contribution is 5.89. The van der Waals surface area contributed by atoms with Crippen molar-refractivity contribution >= 4 is 11.6 Å². The molecular formula is C16H17F2N2O+. The largest absolute Gasteiger partial charge is 0.318 e. The Bertz CT molecular complexity index is 671. The Morgan fingerprint density at radius 1 is 1.24 bits per heavy atom. The van der Waals surface area contributed by atoms with Crippen molar-refractivity contribution in [3.8, 4) is 0 Å². The molecule has 1 N–H and O–H groups in total. The number of hydrogen-bond acceptors (Lipinski definition) is 1. The fourth-order valence-electron chi connectivity index (χ4n) is 1.98. The first kappa shape index (κ1) is 15.1. The molecule has 0 fully saturated rings. The number of pyridine rings is 1. The van der Waals surface area contributed by atoms with Crippen LogP contribution in [0, 0.1) is 18.6 Å². The number of benzene rings is 1. The molecule has 110 valence electrons. The third-order valence-corrected chi connectivity index (χ3v) is 3.24. The summed E-state index contributed by atoms with van der Waals surface area (Å²) in [6.45, 7) is 4.00. The van der Waals surface area contributed by atoms with Crippen molar-refractivity contribution in [3.63, 3.8) is 0 Å². The van der Waals surface area contributed by atoms with E-state index in [0.29, 0.717) is 0 Å². The number of aromatic nitrogens is 1. The lowest BCUT2D eigenvalue weighted by Gasteiger charge is -2.06. The number of carbonyl (C=O) groups is 1. The molecule has 0 saturated heterocycles. The third kappa shape index (κ3) is 3.84. The number of anilines is 1. The second kappa shape index (κ2) is 6.43. The first-order valence-electron chi connectivity index (χ1n) is 6.73. The normalized spacial score (nSPS) is 10.5. The standard InChI is InChI=1S/C16H16F2N2O/c1-3-12-5-4-11(2)20(9-12)10-16(21)19-15-7-6-13(17)8-14(15)18/h4-9H,3,10H2,1-2H3/p+1. The summed E-state index contributed by atoms with van der Waals surface area (Å²) in [5.41, 5.74) is 2.02. The molecule has 0 atom stereocenters. The quantitative estimate of drug-likeness (QED) is 0.863. The van der Waals surface area contributed by atoms with Crippen LogP contribution in [-0.4, -0.2) is 5.91 Å². The van der Waals surface area contributed by atoms with Crippen molar-refractivity contribution in [1.29, 1.82) is 0 Å². The fourth-order valence-corrected chi connectivity index (χ4v) is 1.98. The minimum Gasteiger partial charge on any atom is -0.318 e. The van der Waals surface area contributed by atoms with Crippen molar-refractivity contribution in [3.05, 3.63) is 59.4 Å². The maximum atomic E-state index is 13.5. The topological polar surface area (TPSA) is 33.0 Å². The zero-order valence-corrected chi connectivity index (χ0v) is 12.0. The molecule has 2 aromatic rings. The third-order valence-electron chi connectivity index (χ3n) is 3.24. The van der Waals surface area contributed by atoms with Gasteiger partial charge in [0.2, 0.25) is 6.54 Å². The van der Waals surface area contributed by atoms with Crippen LogP contribution in [0.3, 0.4) is 0 Å². The van der Waals surface area contributed by atoms with Crippen molar-refractivity contribution in [1.82, 2.24) is 0 Å². The van der Waals surface area contributed by atoms with Crippen molar-refractivity contribution in [2.45, 2.75) is 26.8 Å². The predicted octanol–water partition coefficient (Wildman–Crippen LogP) is 2.76. The molecular weight excluding hydrogens is 274 g/mol. The monoisotopic (exact) mass is 291 g/mol. The fraction of sp³-hybridized carbons (Fsp3) is 0.250. The average Bonchev–Trinajstić information content (AvgIpc) is 2.44. The van der Waals surface area contributed by atoms with Gasteiger partial charge < -0.3 is 5.32 Å². The highest BCUT2D eigenvalue weighted by Crippen LogP contribution is 2.14. The Kier molecular flexibility index (Phi) is 4.62. The van der Waals surface area contributed by atoms with Crippen molar-refractivity contribution in [2.75, 3.05) is 5.32 Å². The van der Waals surface area contributed by atoms with Gasteiger partial charge in [0.1, 0.15) is 11.6 Å². The summed E-state index contributed by atoms with van der Waals surface area (Å²) in [4.78, 5) is 12.0. The van der Waals surface area contributed by atoms with Crippen LogP contribution in [0.2, 0.25) is 0 Å². The van der Waals surface area contributed by atoms with Gasteiger partial charge in [0, 0.05) is 24.6 Å². The zero-order valence-electron chi connectivity index (χ0n) is 12.0. The predicted molar refractivity (Wildman–Crippen MR) is 75.7 cm³/mol. The van der Waals surface area contributed by atoms with Crippen LogP contribution in [0.1, 0.15) is 18.2 Å². The minimum atomic E-state index is -0.785. The van der Waals surface area contributed by atoms with Crippen LogP contribution in [0.4, 0.5) is 14.5 Å². The summed E-state index contributed by atoms with van der Waals surface area (Å²) in [6, 6.07) is 7.00. The summed E-state index contributed by atoms with van der Waals surface area (Å²) in [5.74, 6) is -1.82. The highest BCUT2D eigenvalue weighted by atomic mass is 19.1. The zero-order chi connectivity index (χ0) is 15.4. The molecule has 0 spiro atoms. The summed E-state index contributed by atoms with van der Waals surface area (Å²) in [6.07, 6.45) is 2.77. The first-order chi connectivity index (χ1) is 9.99. The second-order valence-electron chi connectivity index (χ2n) is 4.83. The van der Waals surface area contributed by atoms with Crippen LogP contribution in [0.15, 0.2) is 36.5 Å². The van der Waals surface area contributed by atoms with E-state index in [1.165, 1.54) is 6.07 Å². The average molecular weight is 291 g/mol. The number of nitrogens with zero attached hydrogens (tertiary/aromatic N) is 1. The van der Waals surface area contributed by atoms with Crippen molar-refractivity contribution in [2.24, 2.45) is 0 Å². The van der Waals surface area contributed by atoms with E-state index in [2.05, 4.69) is 5.32 Å². The van der Waals surface area contributed by atoms with E-state index in [0.717, 1.165) is 29.8 Å². The van der Waals surface area contributed by atoms with E-state index in [1.807, 2.05) is 32.2 Å². The smallest absolute Gasteiger partial charge is 0.290 e. The number of aryl methyl sites for hydroxylation is 2. The summed E-state index contributed by atoms with van der Waals surface area (Å²) >= 11 is 0. The van der Waals surface area contributed by atoms with Crippen LogP contribution in [0.25, 0.3) is 0 Å². The molecule has 0 aliphatic rings. The van der Waals surface area contributed by atoms with Gasteiger partial charge in [-0.1, -0.05) is 6.92 Å². The Hall–Kier alpha value is -2.30. The van der Waals surface area contributed by atoms with Gasteiger partial charge in [-0.2, -0.15) is 4.57 Å². The van der Waals surface area contributed by atoms with E-state index >= 15 is 0 Å². The van der Waals surface area contributed by atoms with Gasteiger partial charge >= 0.3 is 0 Å². The number of nitrogens with one attached hydrogen (secondary N) is 1. The molecule has 0 aliphatic carbocycles. The molecule has 1 aromatic carbocycles. The maximum Gasteiger partial charge on any atom is 0.290 e. The molecule has 1 heterocycles. The van der Waals surface area contributed by atoms with Crippen LogP contribution >= 0.6 is 0 Å². The molecule has 0 unspecified atom stereocenters. The van der Waals surface area contributed by atoms with Crippen LogP contribution < -0.4 is 9.88 Å². The van der Waals surface area contributed by atoms with Gasteiger partial charge in [-0.3, -0.25) is 4.79 Å². The lowest BCUT2D eigenvalue weighted by atomic mass is 10.2. The molecule has 0 bridgehead atoms. The summed E-state index contributed by atoms with van der Waals surface area (Å²) in [5, 5.41) is 2.45. The Morgan fingerprint density at radius 2 is 2.00 bits per heavy atom. The van der Waals surface area contributed by atoms with E-state index < -0.39 is 11.6 Å². The van der Waals surface area contributed by atoms with Gasteiger partial charge in [-0.25, -0.2) is 8.78 Å². The number of halogens is 2. The number of amides is 1. The second-order valence-corrected chi connectivity index (χ2v) is 4.83. The maximum absolute atomic E-state index is 13.5. The highest BCUT2D eigenvalue weighted by Gasteiger charge is 2.15. The Balaban J connectivity index is 2.11. The molecule has 0 aliphatic heterocycles. The van der Waals surface area contributed by atoms with Crippen LogP contribution in [-0.2, 0) is 17.8 Å². The SMILES string of the molecule is CCc1ccc(C)[n+](CC(=O)Nc2ccc(F)cc2F)c1. The lowest BCUT2D eigenvalue weighted by Crippen LogP contribution is -2.43. The molecule has 2 rings (SSSR count). The molecule has 0 radical (unpaired) electrons. The number of hydrogen-bond donors (Lipinski definition) is 1. The van der Waals surface area contributed by atoms with E-state index in [-0.39, 0.29) is 18.1 Å². The van der Waals surface area contributed by atoms with Gasteiger partial charge in [-0.05, 0) is 24.6 Å². The molecule has 0 saturated carbocycles. The number of carbonyl (C=O) groups excluding carboxylic acids is 1. The Morgan fingerprint density at radius 3 is 2.67 bits per heavy atom. The van der Waals surface area contributed by atoms with E-state index in [1.54, 1.807) is 4.57 Å². The van der Waals surface area contributed by atoms with Crippen molar-refractivity contribution < 1.29 is 18.1 Å². The molecule has 3 nitrogen and oxygen atoms in total. The van der Waals surface area contributed by atoms with Gasteiger partial charge in [0.05, 0.1) is 5.69 Å². The summed E-state index contributed by atoms with van der Waals surface area (Å²) < 4.78 is 28.1. The van der Waals surface area contributed by atoms with E-state index in [4.69, 9.17) is 0 Å².